The third-order valence-corrected chi connectivity index (χ3v) is 3.33. The van der Waals surface area contributed by atoms with Crippen molar-refractivity contribution in [2.45, 2.75) is 20.8 Å². The number of fused-ring (bicyclic) bond motifs is 1. The summed E-state index contributed by atoms with van der Waals surface area (Å²) in [4.78, 5) is 8.45. The van der Waals surface area contributed by atoms with Crippen LogP contribution in [-0.4, -0.2) is 19.7 Å². The minimum atomic E-state index is 0.443. The second-order valence-electron chi connectivity index (χ2n) is 4.66. The van der Waals surface area contributed by atoms with Crippen LogP contribution in [-0.2, 0) is 0 Å². The molecule has 3 rings (SSSR count). The van der Waals surface area contributed by atoms with E-state index in [-0.39, 0.29) is 0 Å². The predicted octanol–water partition coefficient (Wildman–Crippen LogP) is 3.39. The van der Waals surface area contributed by atoms with Crippen LogP contribution >= 0.6 is 11.6 Å². The van der Waals surface area contributed by atoms with Crippen LogP contribution in [0.4, 0.5) is 0 Å². The van der Waals surface area contributed by atoms with Crippen LogP contribution in [0.15, 0.2) is 24.4 Å². The first kappa shape index (κ1) is 12.1. The first-order valence-corrected chi connectivity index (χ1v) is 6.39. The fraction of sp³-hybridized carbons (Fsp3) is 0.214. The van der Waals surface area contributed by atoms with Crippen molar-refractivity contribution in [1.29, 1.82) is 0 Å². The van der Waals surface area contributed by atoms with Gasteiger partial charge in [0.25, 0.3) is 0 Å². The zero-order valence-corrected chi connectivity index (χ0v) is 11.7. The molecule has 0 bridgehead atoms. The van der Waals surface area contributed by atoms with Gasteiger partial charge in [0.2, 0.25) is 0 Å². The van der Waals surface area contributed by atoms with Crippen molar-refractivity contribution in [2.75, 3.05) is 0 Å². The monoisotopic (exact) mass is 272 g/mol. The van der Waals surface area contributed by atoms with Gasteiger partial charge in [-0.1, -0.05) is 29.3 Å². The number of hydrogen-bond donors (Lipinski definition) is 0. The molecule has 19 heavy (non-hydrogen) atoms. The third-order valence-electron chi connectivity index (χ3n) is 3.04. The van der Waals surface area contributed by atoms with Gasteiger partial charge >= 0.3 is 0 Å². The summed E-state index contributed by atoms with van der Waals surface area (Å²) in [6.45, 7) is 5.94. The van der Waals surface area contributed by atoms with Gasteiger partial charge in [-0.15, -0.1) is 5.10 Å². The highest BCUT2D eigenvalue weighted by Gasteiger charge is 2.10. The zero-order valence-electron chi connectivity index (χ0n) is 11.0. The summed E-state index contributed by atoms with van der Waals surface area (Å²) in [6, 6.07) is 6.23. The van der Waals surface area contributed by atoms with Crippen LogP contribution in [0.25, 0.3) is 16.7 Å². The first-order valence-electron chi connectivity index (χ1n) is 6.02. The highest BCUT2D eigenvalue weighted by molar-refractivity contribution is 6.33. The highest BCUT2D eigenvalue weighted by Crippen LogP contribution is 2.22. The highest BCUT2D eigenvalue weighted by atomic mass is 35.5. The Bertz CT molecular complexity index is 776. The van der Waals surface area contributed by atoms with E-state index in [1.165, 1.54) is 5.56 Å². The number of benzene rings is 1. The lowest BCUT2D eigenvalue weighted by molar-refractivity contribution is 0.878. The maximum absolute atomic E-state index is 6.12. The van der Waals surface area contributed by atoms with E-state index in [1.807, 2.05) is 19.2 Å². The molecule has 3 aromatic rings. The van der Waals surface area contributed by atoms with Gasteiger partial charge in [-0.2, -0.15) is 0 Å². The molecule has 4 nitrogen and oxygen atoms in total. The molecule has 0 aliphatic rings. The van der Waals surface area contributed by atoms with E-state index in [2.05, 4.69) is 41.0 Å². The van der Waals surface area contributed by atoms with E-state index < -0.39 is 0 Å². The van der Waals surface area contributed by atoms with Crippen LogP contribution in [0.3, 0.4) is 0 Å². The van der Waals surface area contributed by atoms with Crippen molar-refractivity contribution in [3.63, 3.8) is 0 Å². The minimum absolute atomic E-state index is 0.443. The van der Waals surface area contributed by atoms with E-state index in [0.717, 1.165) is 16.6 Å². The summed E-state index contributed by atoms with van der Waals surface area (Å²) in [5.41, 5.74) is 4.04. The Kier molecular flexibility index (Phi) is 2.75. The van der Waals surface area contributed by atoms with E-state index in [0.29, 0.717) is 16.6 Å². The summed E-state index contributed by atoms with van der Waals surface area (Å²) in [5.74, 6) is 0.628. The fourth-order valence-electron chi connectivity index (χ4n) is 2.16. The Labute approximate surface area is 116 Å². The van der Waals surface area contributed by atoms with E-state index >= 15 is 0 Å². The van der Waals surface area contributed by atoms with Crippen LogP contribution in [0.2, 0.25) is 5.15 Å². The molecule has 0 fully saturated rings. The SMILES string of the molecule is Cc1ccc(-n2cc3c(Cl)nc(C)nc3n2)c(C)c1. The Hall–Kier alpha value is -1.94. The number of aryl methyl sites for hydroxylation is 3. The molecular weight excluding hydrogens is 260 g/mol. The van der Waals surface area contributed by atoms with Gasteiger partial charge in [0.05, 0.1) is 11.1 Å². The largest absolute Gasteiger partial charge is 0.238 e. The predicted molar refractivity (Wildman–Crippen MR) is 75.9 cm³/mol. The van der Waals surface area contributed by atoms with Gasteiger partial charge in [0, 0.05) is 6.20 Å². The molecule has 0 spiro atoms. The fourth-order valence-corrected chi connectivity index (χ4v) is 2.41. The Morgan fingerprint density at radius 1 is 1.11 bits per heavy atom. The molecule has 5 heteroatoms. The van der Waals surface area contributed by atoms with Crippen molar-refractivity contribution in [3.05, 3.63) is 46.5 Å². The lowest BCUT2D eigenvalue weighted by Gasteiger charge is -2.05. The van der Waals surface area contributed by atoms with Gasteiger partial charge in [-0.05, 0) is 32.4 Å². The van der Waals surface area contributed by atoms with Crippen LogP contribution in [0.1, 0.15) is 17.0 Å². The number of nitrogens with zero attached hydrogens (tertiary/aromatic N) is 4. The molecule has 0 saturated carbocycles. The molecule has 0 radical (unpaired) electrons. The number of halogens is 1. The second kappa shape index (κ2) is 4.31. The van der Waals surface area contributed by atoms with Crippen molar-refractivity contribution in [2.24, 2.45) is 0 Å². The average molecular weight is 273 g/mol. The third kappa shape index (κ3) is 2.08. The Morgan fingerprint density at radius 3 is 2.63 bits per heavy atom. The molecule has 96 valence electrons. The topological polar surface area (TPSA) is 43.6 Å². The summed E-state index contributed by atoms with van der Waals surface area (Å²) in [7, 11) is 0. The van der Waals surface area contributed by atoms with Crippen LogP contribution in [0.5, 0.6) is 0 Å². The van der Waals surface area contributed by atoms with Gasteiger partial charge in [0.1, 0.15) is 11.0 Å². The number of aromatic nitrogens is 4. The molecule has 0 aliphatic heterocycles. The number of hydrogen-bond acceptors (Lipinski definition) is 3. The van der Waals surface area contributed by atoms with Crippen molar-refractivity contribution in [3.8, 4) is 5.69 Å². The van der Waals surface area contributed by atoms with Gasteiger partial charge in [-0.3, -0.25) is 0 Å². The average Bonchev–Trinajstić information content (AvgIpc) is 2.72. The standard InChI is InChI=1S/C14H13ClN4/c1-8-4-5-12(9(2)6-8)19-7-11-13(15)16-10(3)17-14(11)18-19/h4-7H,1-3H3. The van der Waals surface area contributed by atoms with Crippen molar-refractivity contribution < 1.29 is 0 Å². The molecule has 0 N–H and O–H groups in total. The lowest BCUT2D eigenvalue weighted by atomic mass is 10.1. The quantitative estimate of drug-likeness (QED) is 0.638. The summed E-state index contributed by atoms with van der Waals surface area (Å²) >= 11 is 6.12. The van der Waals surface area contributed by atoms with Crippen LogP contribution in [0, 0.1) is 20.8 Å². The minimum Gasteiger partial charge on any atom is -0.238 e. The van der Waals surface area contributed by atoms with Gasteiger partial charge in [-0.25, -0.2) is 14.6 Å². The maximum Gasteiger partial charge on any atom is 0.186 e. The number of rotatable bonds is 1. The smallest absolute Gasteiger partial charge is 0.186 e. The molecule has 2 heterocycles. The van der Waals surface area contributed by atoms with E-state index in [9.17, 15) is 0 Å². The normalized spacial score (nSPS) is 11.2. The van der Waals surface area contributed by atoms with E-state index in [1.54, 1.807) is 4.68 Å². The van der Waals surface area contributed by atoms with Crippen LogP contribution < -0.4 is 0 Å². The Balaban J connectivity index is 2.23. The summed E-state index contributed by atoms with van der Waals surface area (Å²) < 4.78 is 1.80. The molecule has 2 aromatic heterocycles. The molecular formula is C14H13ClN4. The van der Waals surface area contributed by atoms with Crippen molar-refractivity contribution >= 4 is 22.6 Å². The second-order valence-corrected chi connectivity index (χ2v) is 5.02. The lowest BCUT2D eigenvalue weighted by Crippen LogP contribution is -1.97. The molecule has 0 saturated heterocycles. The van der Waals surface area contributed by atoms with E-state index in [4.69, 9.17) is 11.6 Å². The molecule has 0 unspecified atom stereocenters. The maximum atomic E-state index is 6.12. The summed E-state index contributed by atoms with van der Waals surface area (Å²) in [5, 5.41) is 5.69. The molecule has 0 amide bonds. The van der Waals surface area contributed by atoms with Gasteiger partial charge < -0.3 is 0 Å². The summed E-state index contributed by atoms with van der Waals surface area (Å²) in [6.07, 6.45) is 1.87. The van der Waals surface area contributed by atoms with Crippen molar-refractivity contribution in [1.82, 2.24) is 19.7 Å². The zero-order chi connectivity index (χ0) is 13.6. The molecule has 0 atom stereocenters. The first-order chi connectivity index (χ1) is 9.04. The molecule has 1 aromatic carbocycles. The van der Waals surface area contributed by atoms with Gasteiger partial charge in [0.15, 0.2) is 5.65 Å². The molecule has 0 aliphatic carbocycles. The Morgan fingerprint density at radius 2 is 1.89 bits per heavy atom.